The van der Waals surface area contributed by atoms with Gasteiger partial charge in [-0.3, -0.25) is 14.5 Å². The van der Waals surface area contributed by atoms with Crippen molar-refractivity contribution >= 4 is 23.6 Å². The summed E-state index contributed by atoms with van der Waals surface area (Å²) in [5.41, 5.74) is 1.13. The summed E-state index contributed by atoms with van der Waals surface area (Å²) < 4.78 is 5.73. The van der Waals surface area contributed by atoms with Crippen LogP contribution in [-0.4, -0.2) is 78.5 Å². The Hall–Kier alpha value is -1.57. The topological polar surface area (TPSA) is 70.1 Å². The van der Waals surface area contributed by atoms with Gasteiger partial charge in [-0.2, -0.15) is 0 Å². The zero-order chi connectivity index (χ0) is 17.8. The van der Waals surface area contributed by atoms with Crippen molar-refractivity contribution in [3.63, 3.8) is 0 Å². The number of ether oxygens (including phenoxy) is 1. The average molecular weight is 364 g/mol. The van der Waals surface area contributed by atoms with Gasteiger partial charge in [-0.1, -0.05) is 18.2 Å². The molecule has 1 aromatic rings. The molecule has 3 rings (SSSR count). The molecule has 2 unspecified atom stereocenters. The van der Waals surface area contributed by atoms with E-state index in [2.05, 4.69) is 12.1 Å². The van der Waals surface area contributed by atoms with Crippen LogP contribution in [0.2, 0.25) is 0 Å². The first-order valence-corrected chi connectivity index (χ1v) is 9.55. The number of aliphatic carboxylic acids is 1. The summed E-state index contributed by atoms with van der Waals surface area (Å²) in [7, 11) is 1.76. The molecule has 2 aliphatic heterocycles. The Balaban J connectivity index is 1.64. The fourth-order valence-corrected chi connectivity index (χ4v) is 4.62. The van der Waals surface area contributed by atoms with Gasteiger partial charge in [0.1, 0.15) is 0 Å². The number of likely N-dealkylation sites (N-methyl/N-ethyl adjacent to an activating group) is 1. The molecule has 25 heavy (non-hydrogen) atoms. The molecule has 1 N–H and O–H groups in total. The zero-order valence-corrected chi connectivity index (χ0v) is 15.2. The second-order valence-electron chi connectivity index (χ2n) is 6.60. The summed E-state index contributed by atoms with van der Waals surface area (Å²) >= 11 is 1.81. The Labute approximate surface area is 152 Å². The fraction of sp³-hybridized carbons (Fsp3) is 0.556. The largest absolute Gasteiger partial charge is 0.480 e. The first kappa shape index (κ1) is 18.2. The average Bonchev–Trinajstić information content (AvgIpc) is 2.60. The van der Waals surface area contributed by atoms with Gasteiger partial charge in [-0.05, 0) is 30.9 Å². The molecule has 1 saturated heterocycles. The minimum Gasteiger partial charge on any atom is -0.480 e. The van der Waals surface area contributed by atoms with Crippen molar-refractivity contribution in [2.75, 3.05) is 45.6 Å². The number of fused-ring (bicyclic) bond motifs is 1. The van der Waals surface area contributed by atoms with Gasteiger partial charge in [-0.15, -0.1) is 11.8 Å². The quantitative estimate of drug-likeness (QED) is 0.854. The van der Waals surface area contributed by atoms with Crippen LogP contribution in [0.1, 0.15) is 17.9 Å². The van der Waals surface area contributed by atoms with Crippen molar-refractivity contribution in [2.24, 2.45) is 0 Å². The molecular weight excluding hydrogens is 340 g/mol. The molecule has 2 atom stereocenters. The number of amides is 1. The van der Waals surface area contributed by atoms with Gasteiger partial charge in [0, 0.05) is 24.5 Å². The van der Waals surface area contributed by atoms with Gasteiger partial charge in [0.2, 0.25) is 5.91 Å². The Kier molecular flexibility index (Phi) is 5.98. The molecule has 0 bridgehead atoms. The van der Waals surface area contributed by atoms with E-state index in [9.17, 15) is 9.59 Å². The molecule has 0 spiro atoms. The van der Waals surface area contributed by atoms with E-state index >= 15 is 0 Å². The molecule has 7 heteroatoms. The van der Waals surface area contributed by atoms with Gasteiger partial charge < -0.3 is 14.7 Å². The predicted molar refractivity (Wildman–Crippen MR) is 96.0 cm³/mol. The summed E-state index contributed by atoms with van der Waals surface area (Å²) in [5.74, 6) is 0.195. The van der Waals surface area contributed by atoms with Crippen molar-refractivity contribution in [1.29, 1.82) is 0 Å². The lowest BCUT2D eigenvalue weighted by molar-refractivity contribution is -0.143. The maximum Gasteiger partial charge on any atom is 0.317 e. The number of morpholine rings is 1. The van der Waals surface area contributed by atoms with Crippen molar-refractivity contribution in [3.8, 4) is 0 Å². The number of carboxylic acid groups (broad SMARTS) is 1. The van der Waals surface area contributed by atoms with E-state index in [-0.39, 0.29) is 24.5 Å². The molecule has 1 fully saturated rings. The highest BCUT2D eigenvalue weighted by atomic mass is 32.2. The fourth-order valence-electron chi connectivity index (χ4n) is 3.49. The van der Waals surface area contributed by atoms with Crippen LogP contribution in [0.25, 0.3) is 0 Å². The van der Waals surface area contributed by atoms with Crippen LogP contribution in [0, 0.1) is 0 Å². The van der Waals surface area contributed by atoms with E-state index in [4.69, 9.17) is 9.84 Å². The molecule has 0 saturated carbocycles. The van der Waals surface area contributed by atoms with Crippen LogP contribution in [0.15, 0.2) is 29.2 Å². The Morgan fingerprint density at radius 2 is 2.20 bits per heavy atom. The molecule has 0 aliphatic carbocycles. The van der Waals surface area contributed by atoms with Crippen molar-refractivity contribution in [2.45, 2.75) is 23.3 Å². The lowest BCUT2D eigenvalue weighted by atomic mass is 9.94. The van der Waals surface area contributed by atoms with E-state index in [0.29, 0.717) is 26.2 Å². The molecule has 6 nitrogen and oxygen atoms in total. The van der Waals surface area contributed by atoms with E-state index in [1.807, 2.05) is 28.8 Å². The zero-order valence-electron chi connectivity index (χ0n) is 14.4. The van der Waals surface area contributed by atoms with Gasteiger partial charge in [0.25, 0.3) is 0 Å². The standard InChI is InChI=1S/C18H24N2O4S/c1-19(12-17(21)22)10-13-11-20(7-8-24-13)18(23)15-6-9-25-16-5-3-2-4-14(15)16/h2-5,13,15H,6-12H2,1H3,(H,21,22). The number of hydrogen-bond donors (Lipinski definition) is 1. The second-order valence-corrected chi connectivity index (χ2v) is 7.73. The Morgan fingerprint density at radius 1 is 1.40 bits per heavy atom. The van der Waals surface area contributed by atoms with E-state index in [1.165, 1.54) is 4.90 Å². The first-order valence-electron chi connectivity index (χ1n) is 8.57. The Morgan fingerprint density at radius 3 is 3.00 bits per heavy atom. The van der Waals surface area contributed by atoms with Crippen molar-refractivity contribution in [1.82, 2.24) is 9.80 Å². The summed E-state index contributed by atoms with van der Waals surface area (Å²) in [4.78, 5) is 28.7. The highest BCUT2D eigenvalue weighted by Crippen LogP contribution is 2.38. The summed E-state index contributed by atoms with van der Waals surface area (Å²) in [6, 6.07) is 8.15. The molecular formula is C18H24N2O4S. The van der Waals surface area contributed by atoms with Crippen LogP contribution in [0.4, 0.5) is 0 Å². The van der Waals surface area contributed by atoms with Crippen LogP contribution in [0.5, 0.6) is 0 Å². The smallest absolute Gasteiger partial charge is 0.317 e. The Bertz CT molecular complexity index is 639. The molecule has 136 valence electrons. The van der Waals surface area contributed by atoms with E-state index in [0.717, 1.165) is 17.7 Å². The molecule has 0 aromatic heterocycles. The third-order valence-corrected chi connectivity index (χ3v) is 5.75. The number of nitrogens with zero attached hydrogens (tertiary/aromatic N) is 2. The van der Waals surface area contributed by atoms with Gasteiger partial charge in [0.15, 0.2) is 0 Å². The monoisotopic (exact) mass is 364 g/mol. The number of carbonyl (C=O) groups is 2. The number of thioether (sulfide) groups is 1. The van der Waals surface area contributed by atoms with Crippen molar-refractivity contribution < 1.29 is 19.4 Å². The lowest BCUT2D eigenvalue weighted by Gasteiger charge is -2.37. The number of hydrogen-bond acceptors (Lipinski definition) is 5. The highest BCUT2D eigenvalue weighted by molar-refractivity contribution is 7.99. The molecule has 1 aromatic carbocycles. The molecule has 1 amide bonds. The predicted octanol–water partition coefficient (Wildman–Crippen LogP) is 1.51. The summed E-state index contributed by atoms with van der Waals surface area (Å²) in [6.45, 7) is 2.10. The third-order valence-electron chi connectivity index (χ3n) is 4.63. The number of benzene rings is 1. The minimum absolute atomic E-state index is 0.0268. The van der Waals surface area contributed by atoms with Crippen LogP contribution in [0.3, 0.4) is 0 Å². The summed E-state index contributed by atoms with van der Waals surface area (Å²) in [5, 5.41) is 8.87. The molecule has 2 heterocycles. The number of carbonyl (C=O) groups excluding carboxylic acids is 1. The molecule has 2 aliphatic rings. The summed E-state index contributed by atoms with van der Waals surface area (Å²) in [6.07, 6.45) is 0.719. The van der Waals surface area contributed by atoms with E-state index < -0.39 is 5.97 Å². The van der Waals surface area contributed by atoms with E-state index in [1.54, 1.807) is 11.9 Å². The number of carboxylic acids is 1. The second kappa shape index (κ2) is 8.21. The van der Waals surface area contributed by atoms with Crippen LogP contribution in [-0.2, 0) is 14.3 Å². The normalized spacial score (nSPS) is 23.4. The maximum absolute atomic E-state index is 13.1. The SMILES string of the molecule is CN(CC(=O)O)CC1CN(C(=O)C2CCSc3ccccc32)CCO1. The minimum atomic E-state index is -0.859. The molecule has 0 radical (unpaired) electrons. The van der Waals surface area contributed by atoms with Gasteiger partial charge >= 0.3 is 5.97 Å². The maximum atomic E-state index is 13.1. The van der Waals surface area contributed by atoms with Crippen molar-refractivity contribution in [3.05, 3.63) is 29.8 Å². The first-order chi connectivity index (χ1) is 12.0. The van der Waals surface area contributed by atoms with Crippen LogP contribution >= 0.6 is 11.8 Å². The lowest BCUT2D eigenvalue weighted by Crippen LogP contribution is -2.51. The van der Waals surface area contributed by atoms with Crippen LogP contribution < -0.4 is 0 Å². The van der Waals surface area contributed by atoms with Gasteiger partial charge in [0.05, 0.1) is 25.2 Å². The number of rotatable bonds is 5. The van der Waals surface area contributed by atoms with Gasteiger partial charge in [-0.25, -0.2) is 0 Å². The third kappa shape index (κ3) is 4.54. The highest BCUT2D eigenvalue weighted by Gasteiger charge is 2.33.